The molecule has 2 amide bonds. The van der Waals surface area contributed by atoms with Gasteiger partial charge < -0.3 is 25.2 Å². The highest BCUT2D eigenvalue weighted by Crippen LogP contribution is 2.23. The number of rotatable bonds is 19. The summed E-state index contributed by atoms with van der Waals surface area (Å²) >= 11 is 0. The van der Waals surface area contributed by atoms with Gasteiger partial charge in [-0.3, -0.25) is 14.4 Å². The average molecular weight is 531 g/mol. The first-order valence-electron chi connectivity index (χ1n) is 13.3. The predicted octanol–water partition coefficient (Wildman–Crippen LogP) is 3.59. The molecular weight excluding hydrogens is 484 g/mol. The Labute approximate surface area is 227 Å². The number of nitrogens with one attached hydrogen (secondary N) is 2. The molecule has 1 aromatic carbocycles. The van der Waals surface area contributed by atoms with Gasteiger partial charge in [-0.2, -0.15) is 0 Å². The van der Waals surface area contributed by atoms with Gasteiger partial charge in [-0.15, -0.1) is 13.2 Å². The third-order valence-electron chi connectivity index (χ3n) is 6.19. The summed E-state index contributed by atoms with van der Waals surface area (Å²) in [6.07, 6.45) is 5.63. The lowest BCUT2D eigenvalue weighted by molar-refractivity contribution is -0.151. The van der Waals surface area contributed by atoms with E-state index in [4.69, 9.17) is 14.6 Å². The van der Waals surface area contributed by atoms with Gasteiger partial charge in [0.1, 0.15) is 6.61 Å². The highest BCUT2D eigenvalue weighted by molar-refractivity contribution is 5.86. The van der Waals surface area contributed by atoms with Crippen molar-refractivity contribution in [3.05, 3.63) is 61.2 Å². The lowest BCUT2D eigenvalue weighted by Crippen LogP contribution is -2.49. The molecule has 0 unspecified atom stereocenters. The Morgan fingerprint density at radius 1 is 1.05 bits per heavy atom. The largest absolute Gasteiger partial charge is 0.463 e. The molecule has 1 aromatic rings. The van der Waals surface area contributed by atoms with E-state index in [-0.39, 0.29) is 63.1 Å². The summed E-state index contributed by atoms with van der Waals surface area (Å²) in [6.45, 7) is 14.1. The van der Waals surface area contributed by atoms with Crippen LogP contribution in [-0.2, 0) is 30.3 Å². The van der Waals surface area contributed by atoms with Crippen LogP contribution in [-0.4, -0.2) is 61.9 Å². The minimum Gasteiger partial charge on any atom is -0.463 e. The SMILES string of the molecule is C=CCC[C@H](Cc1ccccc1)C(=O)OC[C@@H](NC(=O)[C@H](CC=C)CC(=O)NCCOCCO)C(C)(C)C. The molecule has 0 aromatic heterocycles. The predicted molar refractivity (Wildman–Crippen MR) is 149 cm³/mol. The molecule has 0 aliphatic rings. The van der Waals surface area contributed by atoms with Crippen molar-refractivity contribution >= 4 is 17.8 Å². The molecule has 0 fully saturated rings. The smallest absolute Gasteiger partial charge is 0.309 e. The first-order chi connectivity index (χ1) is 18.1. The molecule has 212 valence electrons. The Kier molecular flexibility index (Phi) is 15.9. The normalized spacial score (nSPS) is 13.6. The fourth-order valence-corrected chi connectivity index (χ4v) is 3.81. The Morgan fingerprint density at radius 3 is 2.37 bits per heavy atom. The molecule has 0 radical (unpaired) electrons. The number of hydrogen-bond acceptors (Lipinski definition) is 6. The fraction of sp³-hybridized carbons (Fsp3) is 0.567. The van der Waals surface area contributed by atoms with E-state index in [0.717, 1.165) is 5.56 Å². The number of carbonyl (C=O) groups is 3. The van der Waals surface area contributed by atoms with E-state index in [1.54, 1.807) is 12.2 Å². The third-order valence-corrected chi connectivity index (χ3v) is 6.19. The van der Waals surface area contributed by atoms with Crippen LogP contribution in [0.1, 0.15) is 52.0 Å². The monoisotopic (exact) mass is 530 g/mol. The molecule has 0 bridgehead atoms. The van der Waals surface area contributed by atoms with Gasteiger partial charge in [0.2, 0.25) is 11.8 Å². The number of benzene rings is 1. The van der Waals surface area contributed by atoms with Crippen molar-refractivity contribution in [2.45, 2.75) is 58.9 Å². The molecule has 0 saturated carbocycles. The molecule has 0 heterocycles. The third kappa shape index (κ3) is 13.5. The molecule has 1 rings (SSSR count). The molecule has 0 aliphatic heterocycles. The van der Waals surface area contributed by atoms with Crippen LogP contribution in [0.25, 0.3) is 0 Å². The Balaban J connectivity index is 2.78. The number of aliphatic hydroxyl groups excluding tert-OH is 1. The number of allylic oxidation sites excluding steroid dienone is 2. The summed E-state index contributed by atoms with van der Waals surface area (Å²) in [7, 11) is 0. The first kappa shape index (κ1) is 33.1. The summed E-state index contributed by atoms with van der Waals surface area (Å²) < 4.78 is 10.9. The van der Waals surface area contributed by atoms with E-state index in [0.29, 0.717) is 25.7 Å². The number of carbonyl (C=O) groups excluding carboxylic acids is 3. The van der Waals surface area contributed by atoms with Gasteiger partial charge >= 0.3 is 5.97 Å². The molecule has 8 nitrogen and oxygen atoms in total. The summed E-state index contributed by atoms with van der Waals surface area (Å²) in [5, 5.41) is 14.5. The van der Waals surface area contributed by atoms with Gasteiger partial charge in [-0.25, -0.2) is 0 Å². The van der Waals surface area contributed by atoms with Gasteiger partial charge in [-0.1, -0.05) is 63.3 Å². The molecule has 38 heavy (non-hydrogen) atoms. The summed E-state index contributed by atoms with van der Waals surface area (Å²) in [6, 6.07) is 9.37. The quantitative estimate of drug-likeness (QED) is 0.143. The summed E-state index contributed by atoms with van der Waals surface area (Å²) in [4.78, 5) is 38.6. The van der Waals surface area contributed by atoms with Crippen LogP contribution in [0.4, 0.5) is 0 Å². The Morgan fingerprint density at radius 2 is 1.76 bits per heavy atom. The van der Waals surface area contributed by atoms with E-state index in [1.165, 1.54) is 0 Å². The van der Waals surface area contributed by atoms with Crippen LogP contribution >= 0.6 is 0 Å². The maximum Gasteiger partial charge on any atom is 0.309 e. The van der Waals surface area contributed by atoms with Crippen molar-refractivity contribution in [1.82, 2.24) is 10.6 Å². The van der Waals surface area contributed by atoms with Crippen LogP contribution in [0.2, 0.25) is 0 Å². The molecule has 8 heteroatoms. The second-order valence-corrected chi connectivity index (χ2v) is 10.4. The van der Waals surface area contributed by atoms with Gasteiger partial charge in [0.15, 0.2) is 0 Å². The van der Waals surface area contributed by atoms with E-state index in [2.05, 4.69) is 23.8 Å². The van der Waals surface area contributed by atoms with Gasteiger partial charge in [0.25, 0.3) is 0 Å². The topological polar surface area (TPSA) is 114 Å². The van der Waals surface area contributed by atoms with E-state index in [9.17, 15) is 14.4 Å². The number of amides is 2. The number of hydrogen-bond donors (Lipinski definition) is 3. The zero-order valence-electron chi connectivity index (χ0n) is 23.2. The second kappa shape index (κ2) is 18.3. The van der Waals surface area contributed by atoms with Crippen LogP contribution in [0.15, 0.2) is 55.6 Å². The van der Waals surface area contributed by atoms with E-state index < -0.39 is 17.4 Å². The van der Waals surface area contributed by atoms with E-state index >= 15 is 0 Å². The molecule has 0 spiro atoms. The van der Waals surface area contributed by atoms with Gasteiger partial charge in [0.05, 0.1) is 37.7 Å². The lowest BCUT2D eigenvalue weighted by Gasteiger charge is -2.32. The zero-order valence-corrected chi connectivity index (χ0v) is 23.2. The van der Waals surface area contributed by atoms with Gasteiger partial charge in [-0.05, 0) is 36.7 Å². The molecular formula is C30H46N2O6. The second-order valence-electron chi connectivity index (χ2n) is 10.4. The lowest BCUT2D eigenvalue weighted by atomic mass is 9.86. The fourth-order valence-electron chi connectivity index (χ4n) is 3.81. The first-order valence-corrected chi connectivity index (χ1v) is 13.3. The average Bonchev–Trinajstić information content (AvgIpc) is 2.88. The minimum absolute atomic E-state index is 0.00476. The summed E-state index contributed by atoms with van der Waals surface area (Å²) in [5.74, 6) is -1.79. The molecule has 3 N–H and O–H groups in total. The molecule has 0 saturated heterocycles. The van der Waals surface area contributed by atoms with Gasteiger partial charge in [0, 0.05) is 13.0 Å². The highest BCUT2D eigenvalue weighted by atomic mass is 16.5. The van der Waals surface area contributed by atoms with Crippen LogP contribution in [0, 0.1) is 17.3 Å². The van der Waals surface area contributed by atoms with Crippen LogP contribution < -0.4 is 10.6 Å². The summed E-state index contributed by atoms with van der Waals surface area (Å²) in [5.41, 5.74) is 0.668. The molecule has 3 atom stereocenters. The zero-order chi connectivity index (χ0) is 28.4. The minimum atomic E-state index is -0.607. The number of ether oxygens (including phenoxy) is 2. The number of aliphatic hydroxyl groups is 1. The van der Waals surface area contributed by atoms with Crippen molar-refractivity contribution in [1.29, 1.82) is 0 Å². The maximum absolute atomic E-state index is 13.2. The van der Waals surface area contributed by atoms with Crippen molar-refractivity contribution in [2.24, 2.45) is 17.3 Å². The molecule has 0 aliphatic carbocycles. The van der Waals surface area contributed by atoms with Crippen molar-refractivity contribution in [3.8, 4) is 0 Å². The van der Waals surface area contributed by atoms with Crippen molar-refractivity contribution < 1.29 is 29.0 Å². The Bertz CT molecular complexity index is 865. The Hall–Kier alpha value is -2.97. The van der Waals surface area contributed by atoms with Crippen molar-refractivity contribution in [3.63, 3.8) is 0 Å². The van der Waals surface area contributed by atoms with E-state index in [1.807, 2.05) is 51.1 Å². The van der Waals surface area contributed by atoms with Crippen molar-refractivity contribution in [2.75, 3.05) is 33.0 Å². The highest BCUT2D eigenvalue weighted by Gasteiger charge is 2.31. The maximum atomic E-state index is 13.2. The van der Waals surface area contributed by atoms with Crippen LogP contribution in [0.3, 0.4) is 0 Å². The standard InChI is InChI=1S/C30H46N2O6/c1-6-8-15-25(20-23-13-10-9-11-14-23)29(36)38-22-26(30(3,4)5)32-28(35)24(12-7-2)21-27(34)31-16-18-37-19-17-33/h6-7,9-11,13-14,24-26,33H,1-2,8,12,15-22H2,3-5H3,(H,31,34)(H,32,35)/t24-,25-,26-/m1/s1. The number of esters is 1. The van der Waals surface area contributed by atoms with Crippen LogP contribution in [0.5, 0.6) is 0 Å².